The van der Waals surface area contributed by atoms with Gasteiger partial charge >= 0.3 is 28.2 Å². The Morgan fingerprint density at radius 1 is 0.639 bits per heavy atom. The van der Waals surface area contributed by atoms with Gasteiger partial charge in [0.05, 0.1) is 37.7 Å². The second-order valence-corrected chi connectivity index (χ2v) is 19.4. The summed E-state index contributed by atoms with van der Waals surface area (Å²) in [7, 11) is -4.67. The molecule has 30 nitrogen and oxygen atoms in total. The summed E-state index contributed by atoms with van der Waals surface area (Å²) in [5.74, 6) is 4.90. The Bertz CT molecular complexity index is 1900. The summed E-state index contributed by atoms with van der Waals surface area (Å²) < 4.78 is 58.7. The molecule has 4 fully saturated rings. The molecule has 35 heteroatoms. The summed E-state index contributed by atoms with van der Waals surface area (Å²) in [6.45, 7) is 26.9. The standard InChI is InChI=1S/2C13H24N6O.C9H16ClN5.C4H9NO.C4H8O.C3H6I.2CH4.2H2O4S.V/c2*1-3-7-14-11-16-12(15-8-4-2)18-13(17-11)19-9-5-6-10-20-19;1-3-5-11-8-13-7(10)14-9(15-8)12-6-4-2;1-2-4-6-5-3-1;1-2-4-5-3-1;1-2-3-4;;;1-5(2,3)4;1-4-5(2)3;/h2*3-10H2,1-2H3,(H2,14,15,16,17,18);3-6H2,1-2H3,(H2,11,12,13,14,15);5H,1-4H2;1-4H2;3H,2H2,1H3;2*1H4;(H2,1,2,3,4);1H,(H,2,3);/q;;;;;-1;;;;;/p-1. The first-order valence-electron chi connectivity index (χ1n) is 27.3. The molecule has 0 aromatic carbocycles. The number of nitrogens with zero attached hydrogens (tertiary/aromatic N) is 10. The van der Waals surface area contributed by atoms with Crippen molar-refractivity contribution in [2.75, 3.05) is 134 Å². The van der Waals surface area contributed by atoms with Crippen molar-refractivity contribution in [2.24, 2.45) is 0 Å². The van der Waals surface area contributed by atoms with Crippen molar-refractivity contribution in [2.45, 2.75) is 160 Å². The van der Waals surface area contributed by atoms with E-state index in [4.69, 9.17) is 62.4 Å². The molecular formula is C48H98ClIN18O12S2V-2. The first kappa shape index (κ1) is 86.2. The molecule has 485 valence electrons. The molecule has 0 bridgehead atoms. The quantitative estimate of drug-likeness (QED) is 0.0118. The van der Waals surface area contributed by atoms with Crippen molar-refractivity contribution in [3.8, 4) is 0 Å². The fourth-order valence-electron chi connectivity index (χ4n) is 5.79. The number of rotatable bonds is 22. The molecule has 10 N–H and O–H groups in total. The van der Waals surface area contributed by atoms with Gasteiger partial charge in [-0.15, -0.1) is 0 Å². The number of nitrogens with one attached hydrogen (secondary N) is 8. The van der Waals surface area contributed by atoms with E-state index in [0.29, 0.717) is 41.6 Å². The van der Waals surface area contributed by atoms with Crippen LogP contribution < -0.4 is 57.7 Å². The first-order valence-corrected chi connectivity index (χ1v) is 31.3. The van der Waals surface area contributed by atoms with E-state index in [1.807, 2.05) is 5.06 Å². The third-order valence-corrected chi connectivity index (χ3v) is 10.6. The van der Waals surface area contributed by atoms with Gasteiger partial charge in [-0.1, -0.05) is 73.3 Å². The van der Waals surface area contributed by atoms with E-state index in [-0.39, 0.29) is 38.7 Å². The monoisotopic (exact) mass is 1400 g/mol. The summed E-state index contributed by atoms with van der Waals surface area (Å²) >= 11 is 5.11. The molecule has 0 amide bonds. The van der Waals surface area contributed by atoms with Crippen LogP contribution in [0.3, 0.4) is 0 Å². The molecule has 4 aliphatic heterocycles. The Hall–Kier alpha value is -3.27. The maximum Gasteiger partial charge on any atom is 0.394 e. The van der Waals surface area contributed by atoms with Gasteiger partial charge in [0.2, 0.25) is 29.1 Å². The molecule has 83 heavy (non-hydrogen) atoms. The number of aromatic nitrogens is 9. The number of hydroxylamine groups is 3. The summed E-state index contributed by atoms with van der Waals surface area (Å²) in [5.41, 5.74) is 2.78. The van der Waals surface area contributed by atoms with Crippen LogP contribution in [0.2, 0.25) is 5.28 Å². The van der Waals surface area contributed by atoms with E-state index < -0.39 is 21.8 Å². The molecule has 0 aliphatic carbocycles. The zero-order chi connectivity index (χ0) is 59.5. The number of anilines is 8. The Kier molecular flexibility index (Phi) is 61.3. The number of ether oxygens (including phenoxy) is 1. The predicted molar refractivity (Wildman–Crippen MR) is 330 cm³/mol. The average Bonchev–Trinajstić information content (AvgIpc) is 4.16. The van der Waals surface area contributed by atoms with Gasteiger partial charge in [0.25, 0.3) is 5.95 Å². The van der Waals surface area contributed by atoms with Crippen molar-refractivity contribution in [1.29, 1.82) is 0 Å². The molecule has 1 atom stereocenters. The normalized spacial score (nSPS) is 14.3. The van der Waals surface area contributed by atoms with Crippen LogP contribution in [0.15, 0.2) is 0 Å². The van der Waals surface area contributed by atoms with Crippen LogP contribution >= 0.6 is 34.2 Å². The molecular weight excluding hydrogens is 1300 g/mol. The van der Waals surface area contributed by atoms with Crippen LogP contribution in [0.1, 0.15) is 160 Å². The molecule has 4 aliphatic rings. The minimum atomic E-state index is -4.67. The molecule has 1 radical (unpaired) electrons. The van der Waals surface area contributed by atoms with Gasteiger partial charge in [-0.3, -0.25) is 18.4 Å². The van der Waals surface area contributed by atoms with Crippen LogP contribution in [0.4, 0.5) is 47.6 Å². The molecule has 1 unspecified atom stereocenters. The summed E-state index contributed by atoms with van der Waals surface area (Å²) in [4.78, 5) is 53.5. The molecule has 7 heterocycles. The third-order valence-electron chi connectivity index (χ3n) is 9.48. The maximum absolute atomic E-state index is 8.83. The van der Waals surface area contributed by atoms with E-state index in [9.17, 15) is 0 Å². The number of aromatic amines is 1. The molecule has 7 rings (SSSR count). The smallest absolute Gasteiger partial charge is 0.394 e. The maximum atomic E-state index is 8.83. The van der Waals surface area contributed by atoms with Crippen LogP contribution in [0, 0.1) is 4.43 Å². The Morgan fingerprint density at radius 3 is 1.31 bits per heavy atom. The van der Waals surface area contributed by atoms with Gasteiger partial charge in [0.15, 0.2) is 0 Å². The van der Waals surface area contributed by atoms with E-state index in [1.165, 1.54) is 32.1 Å². The fraction of sp³-hybridized carbons (Fsp3) is 0.792. The van der Waals surface area contributed by atoms with Crippen LogP contribution in [-0.4, -0.2) is 158 Å². The van der Waals surface area contributed by atoms with E-state index in [2.05, 4.69) is 162 Å². The Balaban J connectivity index is -0.000000462. The van der Waals surface area contributed by atoms with Crippen molar-refractivity contribution in [1.82, 2.24) is 45.4 Å². The first-order chi connectivity index (χ1) is 38.6. The van der Waals surface area contributed by atoms with E-state index >= 15 is 0 Å². The zero-order valence-electron chi connectivity index (χ0n) is 48.1. The number of hydrogen-bond acceptors (Lipinski definition) is 27. The van der Waals surface area contributed by atoms with Gasteiger partial charge in [-0.2, -0.15) is 49.8 Å². The number of halogens is 2. The molecule has 4 saturated heterocycles. The fourth-order valence-corrected chi connectivity index (χ4v) is 5.95. The van der Waals surface area contributed by atoms with Crippen molar-refractivity contribution in [3.63, 3.8) is 0 Å². The average molecular weight is 1400 g/mol. The molecule has 0 spiro atoms. The topological polar surface area (TPSA) is 392 Å². The van der Waals surface area contributed by atoms with Gasteiger partial charge in [0.1, 0.15) is 0 Å². The van der Waals surface area contributed by atoms with Crippen molar-refractivity contribution < 1.29 is 78.7 Å². The predicted octanol–water partition coefficient (Wildman–Crippen LogP) is 7.46. The van der Waals surface area contributed by atoms with Crippen LogP contribution in [0.5, 0.6) is 0 Å². The van der Waals surface area contributed by atoms with Gasteiger partial charge in [0, 0.05) is 84.1 Å². The minimum absolute atomic E-state index is 0. The molecule has 3 aromatic rings. The largest absolute Gasteiger partial charge is 0.750 e. The second-order valence-electron chi connectivity index (χ2n) is 16.8. The van der Waals surface area contributed by atoms with E-state index in [1.54, 1.807) is 5.06 Å². The summed E-state index contributed by atoms with van der Waals surface area (Å²) in [5, 5.41) is 31.3. The van der Waals surface area contributed by atoms with Gasteiger partial charge in [-0.05, 0) is 101 Å². The number of hydrogen-bond donors (Lipinski definition) is 9. The van der Waals surface area contributed by atoms with Crippen molar-refractivity contribution >= 4 is 104 Å². The van der Waals surface area contributed by atoms with Crippen LogP contribution in [0.25, 0.3) is 0 Å². The molecule has 0 saturated carbocycles. The van der Waals surface area contributed by atoms with Crippen molar-refractivity contribution in [3.05, 3.63) is 9.71 Å². The van der Waals surface area contributed by atoms with E-state index in [0.717, 1.165) is 162 Å². The zero-order valence-corrected chi connectivity index (χ0v) is 54.0. The number of H-pyrrole nitrogens is 1. The Morgan fingerprint density at radius 2 is 1.01 bits per heavy atom. The van der Waals surface area contributed by atoms with Gasteiger partial charge < -0.3 is 78.2 Å². The second kappa shape index (κ2) is 59.1. The summed E-state index contributed by atoms with van der Waals surface area (Å²) in [6, 6.07) is 0. The van der Waals surface area contributed by atoms with Crippen LogP contribution in [-0.2, 0) is 63.9 Å². The van der Waals surface area contributed by atoms with Gasteiger partial charge in [-0.25, -0.2) is 24.6 Å². The Labute approximate surface area is 527 Å². The summed E-state index contributed by atoms with van der Waals surface area (Å²) in [6.07, 6.45) is 16.8. The SMILES string of the molecule is C.C.C1CCOC1.C1CCONC1.CCCNc1nc(Cl)nc(NCCC)n1.CCCNc1nc(NCCC)[nH+]c(N2CCCCO2)n1.CCCNc1nc(NCCC)nc(N2CCCCO2)n1.CC[CH-]I.O=S(=O)(O)O.O=S([O-])O[O-].[V]. The molecule has 3 aromatic heterocycles. The minimum Gasteiger partial charge on any atom is -0.750 e. The third kappa shape index (κ3) is 51.7.